The van der Waals surface area contributed by atoms with E-state index < -0.39 is 5.41 Å². The third kappa shape index (κ3) is 3.21. The monoisotopic (exact) mass is 291 g/mol. The highest BCUT2D eigenvalue weighted by Crippen LogP contribution is 2.38. The van der Waals surface area contributed by atoms with E-state index in [1.807, 2.05) is 17.0 Å². The highest BCUT2D eigenvalue weighted by atomic mass is 16.5. The average Bonchev–Trinajstić information content (AvgIpc) is 2.65. The molecule has 4 nitrogen and oxygen atoms in total. The zero-order chi connectivity index (χ0) is 15.3. The molecule has 1 heterocycles. The van der Waals surface area contributed by atoms with Crippen LogP contribution in [0.4, 0.5) is 0 Å². The van der Waals surface area contributed by atoms with Crippen molar-refractivity contribution in [2.24, 2.45) is 0 Å². The minimum absolute atomic E-state index is 0.171. The van der Waals surface area contributed by atoms with Gasteiger partial charge in [0.15, 0.2) is 0 Å². The van der Waals surface area contributed by atoms with Gasteiger partial charge in [0.25, 0.3) is 0 Å². The van der Waals surface area contributed by atoms with Crippen LogP contribution in [0.1, 0.15) is 38.2 Å². The number of phenols is 1. The first-order valence-corrected chi connectivity index (χ1v) is 7.72. The van der Waals surface area contributed by atoms with E-state index in [0.717, 1.165) is 37.8 Å². The molecule has 0 aliphatic carbocycles. The molecule has 1 fully saturated rings. The molecule has 0 radical (unpaired) electrons. The van der Waals surface area contributed by atoms with Crippen LogP contribution in [0.15, 0.2) is 24.3 Å². The van der Waals surface area contributed by atoms with Gasteiger partial charge in [0.1, 0.15) is 5.75 Å². The molecule has 1 N–H and O–H groups in total. The van der Waals surface area contributed by atoms with Gasteiger partial charge in [-0.3, -0.25) is 4.79 Å². The lowest BCUT2D eigenvalue weighted by Crippen LogP contribution is -2.46. The molecule has 0 bridgehead atoms. The van der Waals surface area contributed by atoms with Gasteiger partial charge in [-0.05, 0) is 37.0 Å². The number of methoxy groups -OCH3 is 1. The standard InChI is InChI=1S/C17H25NO3/c1-3-17(14-7-6-8-15(19)13-14)9-4-5-10-18(16(17)20)11-12-21-2/h6-8,13,19H,3-5,9-12H2,1-2H3. The number of carbonyl (C=O) groups excluding carboxylic acids is 1. The Labute approximate surface area is 126 Å². The van der Waals surface area contributed by atoms with Crippen LogP contribution in [0.3, 0.4) is 0 Å². The van der Waals surface area contributed by atoms with E-state index >= 15 is 0 Å². The number of hydrogen-bond donors (Lipinski definition) is 1. The van der Waals surface area contributed by atoms with Crippen LogP contribution in [0.5, 0.6) is 5.75 Å². The summed E-state index contributed by atoms with van der Waals surface area (Å²) in [5.41, 5.74) is 0.419. The van der Waals surface area contributed by atoms with Gasteiger partial charge in [-0.2, -0.15) is 0 Å². The SMILES string of the molecule is CCC1(c2cccc(O)c2)CCCCN(CCOC)C1=O. The van der Waals surface area contributed by atoms with E-state index in [-0.39, 0.29) is 11.7 Å². The Kier molecular flexibility index (Phi) is 5.23. The van der Waals surface area contributed by atoms with Crippen LogP contribution in [-0.2, 0) is 14.9 Å². The molecule has 0 aromatic heterocycles. The molecule has 0 saturated carbocycles. The van der Waals surface area contributed by atoms with Gasteiger partial charge in [0, 0.05) is 20.2 Å². The summed E-state index contributed by atoms with van der Waals surface area (Å²) in [6, 6.07) is 7.17. The maximum absolute atomic E-state index is 13.1. The Morgan fingerprint density at radius 3 is 2.86 bits per heavy atom. The van der Waals surface area contributed by atoms with Crippen molar-refractivity contribution in [3.8, 4) is 5.75 Å². The molecule has 1 unspecified atom stereocenters. The number of aromatic hydroxyl groups is 1. The molecule has 0 spiro atoms. The molecule has 1 aromatic rings. The predicted molar refractivity (Wildman–Crippen MR) is 82.4 cm³/mol. The van der Waals surface area contributed by atoms with Crippen LogP contribution in [0.2, 0.25) is 0 Å². The molecule has 2 rings (SSSR count). The van der Waals surface area contributed by atoms with Gasteiger partial charge in [-0.25, -0.2) is 0 Å². The van der Waals surface area contributed by atoms with Crippen molar-refractivity contribution in [1.82, 2.24) is 4.90 Å². The molecule has 1 atom stereocenters. The summed E-state index contributed by atoms with van der Waals surface area (Å²) in [4.78, 5) is 15.0. The highest BCUT2D eigenvalue weighted by molar-refractivity contribution is 5.88. The summed E-state index contributed by atoms with van der Waals surface area (Å²) in [6.45, 7) is 4.05. The van der Waals surface area contributed by atoms with Crippen molar-refractivity contribution in [2.75, 3.05) is 26.8 Å². The lowest BCUT2D eigenvalue weighted by molar-refractivity contribution is -0.137. The Bertz CT molecular complexity index is 489. The summed E-state index contributed by atoms with van der Waals surface area (Å²) in [7, 11) is 1.66. The van der Waals surface area contributed by atoms with Crippen molar-refractivity contribution in [3.63, 3.8) is 0 Å². The molecule has 21 heavy (non-hydrogen) atoms. The second-order valence-corrected chi connectivity index (χ2v) is 5.73. The van der Waals surface area contributed by atoms with Crippen LogP contribution in [-0.4, -0.2) is 42.7 Å². The number of amides is 1. The molecule has 116 valence electrons. The Hall–Kier alpha value is -1.55. The highest BCUT2D eigenvalue weighted by Gasteiger charge is 2.42. The molecule has 1 aliphatic rings. The fourth-order valence-corrected chi connectivity index (χ4v) is 3.26. The third-order valence-electron chi connectivity index (χ3n) is 4.55. The maximum atomic E-state index is 13.1. The van der Waals surface area contributed by atoms with E-state index in [4.69, 9.17) is 4.74 Å². The van der Waals surface area contributed by atoms with E-state index in [0.29, 0.717) is 13.2 Å². The number of hydrogen-bond acceptors (Lipinski definition) is 3. The van der Waals surface area contributed by atoms with Gasteiger partial charge >= 0.3 is 0 Å². The maximum Gasteiger partial charge on any atom is 0.233 e. The summed E-state index contributed by atoms with van der Waals surface area (Å²) in [5.74, 6) is 0.394. The van der Waals surface area contributed by atoms with Crippen LogP contribution < -0.4 is 0 Å². The Balaban J connectivity index is 2.36. The largest absolute Gasteiger partial charge is 0.508 e. The van der Waals surface area contributed by atoms with E-state index in [1.54, 1.807) is 19.2 Å². The third-order valence-corrected chi connectivity index (χ3v) is 4.55. The quantitative estimate of drug-likeness (QED) is 0.907. The zero-order valence-corrected chi connectivity index (χ0v) is 13.0. The van der Waals surface area contributed by atoms with Crippen molar-refractivity contribution in [3.05, 3.63) is 29.8 Å². The van der Waals surface area contributed by atoms with Crippen molar-refractivity contribution < 1.29 is 14.6 Å². The Morgan fingerprint density at radius 1 is 1.38 bits per heavy atom. The number of ether oxygens (including phenoxy) is 1. The lowest BCUT2D eigenvalue weighted by atomic mass is 9.73. The fraction of sp³-hybridized carbons (Fsp3) is 0.588. The fourth-order valence-electron chi connectivity index (χ4n) is 3.26. The summed E-state index contributed by atoms with van der Waals surface area (Å²) in [6.07, 6.45) is 3.64. The lowest BCUT2D eigenvalue weighted by Gasteiger charge is -2.35. The normalized spacial score (nSPS) is 23.1. The predicted octanol–water partition coefficient (Wildman–Crippen LogP) is 2.70. The minimum Gasteiger partial charge on any atom is -0.508 e. The molecule has 1 aliphatic heterocycles. The first-order chi connectivity index (χ1) is 10.1. The molecule has 4 heteroatoms. The Morgan fingerprint density at radius 2 is 2.19 bits per heavy atom. The molecular weight excluding hydrogens is 266 g/mol. The average molecular weight is 291 g/mol. The zero-order valence-electron chi connectivity index (χ0n) is 13.0. The first kappa shape index (κ1) is 15.8. The van der Waals surface area contributed by atoms with Gasteiger partial charge in [-0.1, -0.05) is 25.5 Å². The second-order valence-electron chi connectivity index (χ2n) is 5.73. The number of carbonyl (C=O) groups is 1. The number of phenolic OH excluding ortho intramolecular Hbond substituents is 1. The van der Waals surface area contributed by atoms with Crippen molar-refractivity contribution in [2.45, 2.75) is 38.0 Å². The molecule has 1 aromatic carbocycles. The van der Waals surface area contributed by atoms with Crippen LogP contribution in [0.25, 0.3) is 0 Å². The van der Waals surface area contributed by atoms with Crippen molar-refractivity contribution >= 4 is 5.91 Å². The smallest absolute Gasteiger partial charge is 0.233 e. The number of nitrogens with zero attached hydrogens (tertiary/aromatic N) is 1. The minimum atomic E-state index is -0.511. The summed E-state index contributed by atoms with van der Waals surface area (Å²) in [5, 5.41) is 9.77. The van der Waals surface area contributed by atoms with E-state index in [9.17, 15) is 9.90 Å². The van der Waals surface area contributed by atoms with Gasteiger partial charge < -0.3 is 14.7 Å². The number of likely N-dealkylation sites (tertiary alicyclic amines) is 1. The van der Waals surface area contributed by atoms with Gasteiger partial charge in [-0.15, -0.1) is 0 Å². The van der Waals surface area contributed by atoms with E-state index in [1.165, 1.54) is 0 Å². The van der Waals surface area contributed by atoms with Gasteiger partial charge in [0.05, 0.1) is 12.0 Å². The first-order valence-electron chi connectivity index (χ1n) is 7.72. The topological polar surface area (TPSA) is 49.8 Å². The second kappa shape index (κ2) is 6.94. The number of benzene rings is 1. The molecule has 1 saturated heterocycles. The summed E-state index contributed by atoms with van der Waals surface area (Å²) < 4.78 is 5.13. The van der Waals surface area contributed by atoms with Crippen LogP contribution in [0, 0.1) is 0 Å². The van der Waals surface area contributed by atoms with Crippen molar-refractivity contribution in [1.29, 1.82) is 0 Å². The molecular formula is C17H25NO3. The molecule has 1 amide bonds. The van der Waals surface area contributed by atoms with Gasteiger partial charge in [0.2, 0.25) is 5.91 Å². The summed E-state index contributed by atoms with van der Waals surface area (Å²) >= 11 is 0. The van der Waals surface area contributed by atoms with Crippen LogP contribution >= 0.6 is 0 Å². The number of rotatable bonds is 5. The van der Waals surface area contributed by atoms with E-state index in [2.05, 4.69) is 6.92 Å².